The third-order valence-corrected chi connectivity index (χ3v) is 12.9. The van der Waals surface area contributed by atoms with Gasteiger partial charge < -0.3 is 23.7 Å². The average Bonchev–Trinajstić information content (AvgIpc) is 3.60. The molecule has 55 heavy (non-hydrogen) atoms. The largest absolute Gasteiger partial charge is 0.464 e. The van der Waals surface area contributed by atoms with Crippen molar-refractivity contribution < 1.29 is 57.2 Å². The van der Waals surface area contributed by atoms with E-state index in [1.54, 1.807) is 0 Å². The highest BCUT2D eigenvalue weighted by molar-refractivity contribution is 8.00. The monoisotopic (exact) mass is 829 g/mol. The molecule has 0 bridgehead atoms. The van der Waals surface area contributed by atoms with Gasteiger partial charge in [0, 0.05) is 27.8 Å². The van der Waals surface area contributed by atoms with Crippen molar-refractivity contribution in [1.82, 2.24) is 13.7 Å². The van der Waals surface area contributed by atoms with E-state index in [0.717, 1.165) is 0 Å². The lowest BCUT2D eigenvalue weighted by Gasteiger charge is -2.27. The summed E-state index contributed by atoms with van der Waals surface area (Å²) in [5.41, 5.74) is -3.04. The Kier molecular flexibility index (Phi) is 15.3. The Balaban J connectivity index is 1.11. The lowest BCUT2D eigenvalue weighted by Crippen LogP contribution is -2.55. The number of esters is 7. The van der Waals surface area contributed by atoms with Crippen LogP contribution in [0.5, 0.6) is 0 Å². The number of nitrogens with zero attached hydrogens (tertiary/aromatic N) is 3. The summed E-state index contributed by atoms with van der Waals surface area (Å²) in [6.07, 6.45) is 3.48. The second-order valence-corrected chi connectivity index (χ2v) is 16.7. The predicted octanol–water partition coefficient (Wildman–Crippen LogP) is 0.104. The van der Waals surface area contributed by atoms with Gasteiger partial charge in [-0.15, -0.1) is 0 Å². The smallest absolute Gasteiger partial charge is 0.336 e. The quantitative estimate of drug-likeness (QED) is 0.0844. The van der Waals surface area contributed by atoms with Gasteiger partial charge in [-0.25, -0.2) is 28.1 Å². The standard InChI is InChI=1S/C34H43N3O15S3/c38-25(5-14-53)48-11-8-35-32(45)36(9-12-49-26(39)6-15-54-19-1-3-21-23(17-19)30(43)51-28(21)41)34(47)37(33(35)46)10-13-50-27(40)7-16-55-20-2-4-22-24(18-20)31(44)52-29(22)42/h19-24,53H,1-18H2. The molecule has 1 aromatic heterocycles. The van der Waals surface area contributed by atoms with Gasteiger partial charge in [0.05, 0.1) is 62.6 Å². The van der Waals surface area contributed by atoms with Crippen LogP contribution in [0.4, 0.5) is 0 Å². The SMILES string of the molecule is O=C(CCS)OCCn1c(=O)n(CCOC(=O)CCSC2CCC3C(=O)OC(=O)C3C2)c(=O)n(CCOC(=O)CCSC2CCC3C(=O)OC(=O)C3C2)c1=O. The number of ether oxygens (including phenoxy) is 5. The molecule has 3 heterocycles. The van der Waals surface area contributed by atoms with Gasteiger partial charge in [0.15, 0.2) is 0 Å². The van der Waals surface area contributed by atoms with Crippen molar-refractivity contribution in [3.63, 3.8) is 0 Å². The first-order valence-electron chi connectivity index (χ1n) is 18.1. The molecule has 6 unspecified atom stereocenters. The molecule has 18 nitrogen and oxygen atoms in total. The van der Waals surface area contributed by atoms with E-state index < -0.39 is 95.6 Å². The molecular formula is C34H43N3O15S3. The first kappa shape index (κ1) is 42.3. The van der Waals surface area contributed by atoms with Gasteiger partial charge in [0.2, 0.25) is 0 Å². The molecule has 2 aliphatic carbocycles. The van der Waals surface area contributed by atoms with E-state index in [4.69, 9.17) is 23.7 Å². The summed E-state index contributed by atoms with van der Waals surface area (Å²) >= 11 is 6.93. The van der Waals surface area contributed by atoms with Gasteiger partial charge in [-0.1, -0.05) is 0 Å². The Labute approximate surface area is 328 Å². The van der Waals surface area contributed by atoms with Crippen LogP contribution in [-0.4, -0.2) is 103 Å². The summed E-state index contributed by atoms with van der Waals surface area (Å²) in [6, 6.07) is 0. The number of hydrogen-bond acceptors (Lipinski definition) is 18. The first-order valence-corrected chi connectivity index (χ1v) is 20.9. The van der Waals surface area contributed by atoms with Gasteiger partial charge in [-0.3, -0.25) is 33.6 Å². The van der Waals surface area contributed by atoms with Crippen molar-refractivity contribution in [3.05, 3.63) is 31.5 Å². The normalized spacial score (nSPS) is 24.5. The second-order valence-electron chi connectivity index (χ2n) is 13.5. The molecule has 0 spiro atoms. The maximum Gasteiger partial charge on any atom is 0.336 e. The minimum Gasteiger partial charge on any atom is -0.464 e. The number of carbonyl (C=O) groups is 7. The van der Waals surface area contributed by atoms with Gasteiger partial charge in [-0.2, -0.15) is 36.2 Å². The topological polar surface area (TPSA) is 232 Å². The lowest BCUT2D eigenvalue weighted by atomic mass is 9.81. The van der Waals surface area contributed by atoms with E-state index in [-0.39, 0.29) is 61.9 Å². The van der Waals surface area contributed by atoms with Crippen molar-refractivity contribution in [3.8, 4) is 0 Å². The molecule has 302 valence electrons. The van der Waals surface area contributed by atoms with Gasteiger partial charge >= 0.3 is 58.9 Å². The molecule has 0 amide bonds. The highest BCUT2D eigenvalue weighted by Gasteiger charge is 2.48. The zero-order valence-electron chi connectivity index (χ0n) is 29.9. The zero-order chi connectivity index (χ0) is 39.6. The molecular weight excluding hydrogens is 787 g/mol. The van der Waals surface area contributed by atoms with E-state index in [1.165, 1.54) is 23.5 Å². The van der Waals surface area contributed by atoms with E-state index in [0.29, 0.717) is 63.7 Å². The number of aromatic nitrogens is 3. The summed E-state index contributed by atoms with van der Waals surface area (Å²) in [7, 11) is 0. The van der Waals surface area contributed by atoms with Crippen molar-refractivity contribution in [1.29, 1.82) is 0 Å². The van der Waals surface area contributed by atoms with E-state index in [9.17, 15) is 47.9 Å². The van der Waals surface area contributed by atoms with E-state index in [1.807, 2.05) is 0 Å². The molecule has 0 N–H and O–H groups in total. The maximum atomic E-state index is 13.3. The fourth-order valence-electron chi connectivity index (χ4n) is 7.09. The first-order chi connectivity index (χ1) is 26.4. The second kappa shape index (κ2) is 19.8. The molecule has 5 rings (SSSR count). The molecule has 0 radical (unpaired) electrons. The maximum absolute atomic E-state index is 13.3. The number of fused-ring (bicyclic) bond motifs is 2. The van der Waals surface area contributed by atoms with Gasteiger partial charge in [0.25, 0.3) is 0 Å². The van der Waals surface area contributed by atoms with Crippen LogP contribution < -0.4 is 17.1 Å². The van der Waals surface area contributed by atoms with Gasteiger partial charge in [0.1, 0.15) is 19.8 Å². The van der Waals surface area contributed by atoms with Crippen LogP contribution in [0.15, 0.2) is 14.4 Å². The third kappa shape index (κ3) is 10.9. The Morgan fingerprint density at radius 1 is 0.545 bits per heavy atom. The van der Waals surface area contributed by atoms with Crippen LogP contribution in [0.3, 0.4) is 0 Å². The average molecular weight is 830 g/mol. The van der Waals surface area contributed by atoms with Crippen molar-refractivity contribution >= 4 is 77.9 Å². The fraction of sp³-hybridized carbons (Fsp3) is 0.706. The molecule has 6 atom stereocenters. The Hall–Kier alpha value is -3.85. The zero-order valence-corrected chi connectivity index (χ0v) is 32.4. The Bertz CT molecular complexity index is 1730. The minimum absolute atomic E-state index is 0.00402. The summed E-state index contributed by atoms with van der Waals surface area (Å²) in [4.78, 5) is 124. The molecule has 2 saturated carbocycles. The lowest BCUT2D eigenvalue weighted by molar-refractivity contribution is -0.155. The summed E-state index contributed by atoms with van der Waals surface area (Å²) in [5, 5.41) is 0.139. The molecule has 4 fully saturated rings. The third-order valence-electron chi connectivity index (χ3n) is 9.97. The fourth-order valence-corrected chi connectivity index (χ4v) is 9.80. The van der Waals surface area contributed by atoms with E-state index in [2.05, 4.69) is 12.6 Å². The summed E-state index contributed by atoms with van der Waals surface area (Å²) in [6.45, 7) is -2.27. The van der Waals surface area contributed by atoms with Crippen LogP contribution in [0.2, 0.25) is 0 Å². The van der Waals surface area contributed by atoms with Crippen LogP contribution in [0, 0.1) is 23.7 Å². The Morgan fingerprint density at radius 3 is 1.25 bits per heavy atom. The molecule has 2 aliphatic heterocycles. The molecule has 1 aromatic rings. The molecule has 0 aromatic carbocycles. The van der Waals surface area contributed by atoms with Crippen LogP contribution in [0.1, 0.15) is 57.8 Å². The number of thiol groups is 1. The van der Waals surface area contributed by atoms with E-state index >= 15 is 0 Å². The van der Waals surface area contributed by atoms with Crippen LogP contribution >= 0.6 is 36.2 Å². The van der Waals surface area contributed by atoms with Crippen LogP contribution in [-0.2, 0) is 76.9 Å². The predicted molar refractivity (Wildman–Crippen MR) is 196 cm³/mol. The number of cyclic esters (lactones) is 4. The summed E-state index contributed by atoms with van der Waals surface area (Å²) < 4.78 is 27.2. The highest BCUT2D eigenvalue weighted by Crippen LogP contribution is 2.42. The van der Waals surface area contributed by atoms with Crippen molar-refractivity contribution in [2.75, 3.05) is 37.1 Å². The summed E-state index contributed by atoms with van der Waals surface area (Å²) in [5.74, 6) is -4.47. The minimum atomic E-state index is -1.02. The Morgan fingerprint density at radius 2 is 0.891 bits per heavy atom. The molecule has 2 saturated heterocycles. The number of thioether (sulfide) groups is 2. The van der Waals surface area contributed by atoms with Gasteiger partial charge in [-0.05, 0) is 38.5 Å². The van der Waals surface area contributed by atoms with Crippen LogP contribution in [0.25, 0.3) is 0 Å². The van der Waals surface area contributed by atoms with Crippen molar-refractivity contribution in [2.45, 2.75) is 87.9 Å². The number of rotatable bonds is 19. The number of carbonyl (C=O) groups excluding carboxylic acids is 7. The van der Waals surface area contributed by atoms with Crippen molar-refractivity contribution in [2.24, 2.45) is 23.7 Å². The highest BCUT2D eigenvalue weighted by atomic mass is 32.2. The number of hydrogen-bond donors (Lipinski definition) is 1. The molecule has 4 aliphatic rings. The molecule has 21 heteroatoms.